The number of rotatable bonds is 2. The fraction of sp³-hybridized carbons (Fsp3) is 0.750. The molecule has 0 spiro atoms. The Kier molecular flexibility index (Phi) is 7.70. The molecule has 60 valence electrons. The smallest absolute Gasteiger partial charge is 0.364 e. The molecule has 0 aliphatic carbocycles. The second kappa shape index (κ2) is 5.66. The molecule has 3 N–H and O–H groups in total. The predicted molar refractivity (Wildman–Crippen MR) is 25.2 cm³/mol. The maximum Gasteiger partial charge on any atom is 0.364 e. The molecule has 0 aromatic heterocycles. The van der Waals surface area contributed by atoms with E-state index in [1.807, 2.05) is 0 Å². The van der Waals surface area contributed by atoms with Crippen LogP contribution >= 0.6 is 0 Å². The summed E-state index contributed by atoms with van der Waals surface area (Å²) in [5.41, 5.74) is 4.71. The Bertz CT molecular complexity index is 87.1. The molecule has 0 rings (SSSR count). The van der Waals surface area contributed by atoms with Crippen LogP contribution in [0.15, 0.2) is 0 Å². The minimum atomic E-state index is -4.30. The van der Waals surface area contributed by atoms with E-state index < -0.39 is 25.2 Å². The minimum Gasteiger partial charge on any atom is -0.478 e. The zero-order valence-electron chi connectivity index (χ0n) is 5.07. The van der Waals surface area contributed by atoms with Gasteiger partial charge in [-0.2, -0.15) is 13.2 Å². The summed E-state index contributed by atoms with van der Waals surface area (Å²) in [4.78, 5) is 0. The van der Waals surface area contributed by atoms with Crippen LogP contribution in [0.5, 0.6) is 0 Å². The Labute approximate surface area is 88.7 Å². The topological polar surface area (TPSA) is 46.2 Å². The molecule has 0 atom stereocenters. The summed E-state index contributed by atoms with van der Waals surface area (Å²) in [7, 11) is 0. The summed E-state index contributed by atoms with van der Waals surface area (Å²) in [5, 5.41) is 8.04. The van der Waals surface area contributed by atoms with Crippen molar-refractivity contribution in [3.05, 3.63) is 6.04 Å². The van der Waals surface area contributed by atoms with E-state index in [1.165, 1.54) is 0 Å². The first-order valence-corrected chi connectivity index (χ1v) is 2.23. The van der Waals surface area contributed by atoms with Gasteiger partial charge in [0, 0.05) is 39.9 Å². The van der Waals surface area contributed by atoms with Crippen LogP contribution in [0.25, 0.3) is 0 Å². The third-order valence-electron chi connectivity index (χ3n) is 0.631. The van der Waals surface area contributed by atoms with Gasteiger partial charge < -0.3 is 10.8 Å². The van der Waals surface area contributed by atoms with E-state index in [0.29, 0.717) is 0 Å². The molecule has 0 fully saturated rings. The van der Waals surface area contributed by atoms with Crippen molar-refractivity contribution >= 4 is 0 Å². The molecular weight excluding hydrogens is 367 g/mol. The molecule has 6 heteroatoms. The fourth-order valence-corrected chi connectivity index (χ4v) is 0.313. The van der Waals surface area contributed by atoms with Gasteiger partial charge in [0.05, 0.1) is 0 Å². The second-order valence-corrected chi connectivity index (χ2v) is 1.61. The molecule has 0 unspecified atom stereocenters. The molecule has 0 heterocycles. The third-order valence-corrected chi connectivity index (χ3v) is 0.631. The van der Waals surface area contributed by atoms with Crippen LogP contribution < -0.4 is 5.73 Å². The molecule has 0 aromatic carbocycles. The van der Waals surface area contributed by atoms with E-state index in [0.717, 1.165) is 0 Å². The maximum absolute atomic E-state index is 11.3. The van der Waals surface area contributed by atoms with E-state index in [2.05, 4.69) is 0 Å². The van der Waals surface area contributed by atoms with Gasteiger partial charge in [0.25, 0.3) is 0 Å². The first kappa shape index (κ1) is 13.6. The van der Waals surface area contributed by atoms with Crippen molar-refractivity contribution < 1.29 is 58.2 Å². The second-order valence-electron chi connectivity index (χ2n) is 1.61. The Morgan fingerprint density at radius 1 is 1.40 bits per heavy atom. The van der Waals surface area contributed by atoms with Crippen molar-refractivity contribution in [2.75, 3.05) is 6.61 Å². The molecule has 0 aliphatic heterocycles. The van der Waals surface area contributed by atoms with Crippen molar-refractivity contribution in [1.29, 1.82) is 0 Å². The van der Waals surface area contributed by atoms with Crippen LogP contribution in [0.2, 0.25) is 0 Å². The third kappa shape index (κ3) is 9.03. The van der Waals surface area contributed by atoms with Crippen LogP contribution in [0.1, 0.15) is 6.42 Å². The predicted octanol–water partition coefficient (Wildman–Crippen LogP) is 0.422. The number of alkyl halides is 3. The molecule has 0 saturated carbocycles. The van der Waals surface area contributed by atoms with Crippen LogP contribution in [0.4, 0.5) is 13.2 Å². The Morgan fingerprint density at radius 3 is 1.90 bits per heavy atom. The van der Waals surface area contributed by atoms with Gasteiger partial charge in [-0.15, -0.1) is 0 Å². The summed E-state index contributed by atoms with van der Waals surface area (Å²) >= 11 is 0. The van der Waals surface area contributed by atoms with Gasteiger partial charge in [0.15, 0.2) is 0 Å². The normalized spacial score (nSPS) is 11.4. The van der Waals surface area contributed by atoms with Crippen LogP contribution in [-0.2, 0) is 0 Å². The molecule has 0 aliphatic rings. The zero-order chi connectivity index (χ0) is 7.49. The molecule has 0 saturated heterocycles. The van der Waals surface area contributed by atoms with Crippen molar-refractivity contribution in [1.82, 2.24) is 0 Å². The minimum absolute atomic E-state index is 0. The monoisotopic (exact) mass is 374 g/mol. The van der Waals surface area contributed by atoms with Gasteiger partial charge in [-0.3, -0.25) is 0 Å². The van der Waals surface area contributed by atoms with Crippen LogP contribution in [-0.4, -0.2) is 17.9 Å². The first-order chi connectivity index (χ1) is 3.95. The quantitative estimate of drug-likeness (QED) is 0.689. The summed E-state index contributed by atoms with van der Waals surface area (Å²) in [6.07, 6.45) is -5.50. The summed E-state index contributed by atoms with van der Waals surface area (Å²) in [6, 6.07) is -0.456. The van der Waals surface area contributed by atoms with E-state index >= 15 is 0 Å². The van der Waals surface area contributed by atoms with Gasteiger partial charge in [-0.25, -0.2) is 6.04 Å². The Hall–Kier alpha value is 1.03. The molecule has 0 aromatic rings. The van der Waals surface area contributed by atoms with Crippen molar-refractivity contribution in [2.45, 2.75) is 12.6 Å². The average molecular weight is 374 g/mol. The Morgan fingerprint density at radius 2 is 1.80 bits per heavy atom. The Balaban J connectivity index is 0. The fourth-order valence-electron chi connectivity index (χ4n) is 0.313. The molecule has 2 nitrogen and oxygen atoms in total. The largest absolute Gasteiger partial charge is 0.478 e. The number of halogens is 3. The number of aliphatic hydroxyl groups is 1. The van der Waals surface area contributed by atoms with E-state index in [9.17, 15) is 13.2 Å². The van der Waals surface area contributed by atoms with Gasteiger partial charge in [-0.05, 0) is 0 Å². The molecule has 0 amide bonds. The number of nitrogens with two attached hydrogens (primary N) is 1. The molecule has 0 radical (unpaired) electrons. The molecule has 0 bridgehead atoms. The molecular formula is C4H7F3NOTh-. The first-order valence-electron chi connectivity index (χ1n) is 2.23. The summed E-state index contributed by atoms with van der Waals surface area (Å²) in [5.74, 6) is 0. The SMILES string of the molecule is N[C-](CO)CC(F)(F)F.[Th]. The van der Waals surface area contributed by atoms with E-state index in [1.54, 1.807) is 0 Å². The number of aliphatic hydroxyl groups excluding tert-OH is 1. The summed E-state index contributed by atoms with van der Waals surface area (Å²) in [6.45, 7) is -0.709. The zero-order valence-corrected chi connectivity index (χ0v) is 9.18. The van der Waals surface area contributed by atoms with Gasteiger partial charge in [0.1, 0.15) is 0 Å². The van der Waals surface area contributed by atoms with Crippen LogP contribution in [0, 0.1) is 46.0 Å². The van der Waals surface area contributed by atoms with Crippen LogP contribution in [0.3, 0.4) is 0 Å². The maximum atomic E-state index is 11.3. The van der Waals surface area contributed by atoms with Gasteiger partial charge in [0.2, 0.25) is 0 Å². The van der Waals surface area contributed by atoms with Crippen molar-refractivity contribution in [2.24, 2.45) is 5.73 Å². The summed E-state index contributed by atoms with van der Waals surface area (Å²) < 4.78 is 33.8. The van der Waals surface area contributed by atoms with E-state index in [4.69, 9.17) is 10.8 Å². The average Bonchev–Trinajstić information content (AvgIpc) is 1.62. The molecule has 10 heavy (non-hydrogen) atoms. The van der Waals surface area contributed by atoms with E-state index in [-0.39, 0.29) is 39.9 Å². The van der Waals surface area contributed by atoms with Crippen molar-refractivity contribution in [3.8, 4) is 0 Å². The van der Waals surface area contributed by atoms with Gasteiger partial charge in [-0.1, -0.05) is 13.0 Å². The number of hydrogen-bond donors (Lipinski definition) is 2. The van der Waals surface area contributed by atoms with Crippen molar-refractivity contribution in [3.63, 3.8) is 0 Å². The van der Waals surface area contributed by atoms with Gasteiger partial charge >= 0.3 is 6.18 Å². The standard InChI is InChI=1S/C4H7F3NO.Th/c5-4(6,7)1-3(8)2-9;/h9H,1-2,8H2;/q-1;. The number of hydrogen-bond acceptors (Lipinski definition) is 2.